The van der Waals surface area contributed by atoms with Gasteiger partial charge in [0.05, 0.1) is 13.7 Å². The van der Waals surface area contributed by atoms with Gasteiger partial charge >= 0.3 is 0 Å². The van der Waals surface area contributed by atoms with E-state index in [0.717, 1.165) is 54.8 Å². The van der Waals surface area contributed by atoms with Crippen molar-refractivity contribution in [1.82, 2.24) is 10.2 Å². The maximum atomic E-state index is 5.42. The highest BCUT2D eigenvalue weighted by atomic mass is 16.5. The van der Waals surface area contributed by atoms with Crippen LogP contribution in [-0.4, -0.2) is 44.7 Å². The van der Waals surface area contributed by atoms with Gasteiger partial charge in [-0.15, -0.1) is 0 Å². The van der Waals surface area contributed by atoms with E-state index in [4.69, 9.17) is 4.74 Å². The summed E-state index contributed by atoms with van der Waals surface area (Å²) in [6, 6.07) is 12.3. The minimum absolute atomic E-state index is 0.835. The van der Waals surface area contributed by atoms with Crippen LogP contribution in [-0.2, 0) is 0 Å². The predicted octanol–water partition coefficient (Wildman–Crippen LogP) is 2.11. The number of hydrogen-bond donors (Lipinski definition) is 1. The highest BCUT2D eigenvalue weighted by Crippen LogP contribution is 2.27. The summed E-state index contributed by atoms with van der Waals surface area (Å²) in [7, 11) is 1.71. The van der Waals surface area contributed by atoms with Gasteiger partial charge < -0.3 is 10.1 Å². The average molecular weight is 280 g/mol. The molecule has 0 amide bonds. The SMILES string of the molecule is COc1ccc(C#CCN2CCNCC2)c2ccccc12. The molecule has 3 heteroatoms. The van der Waals surface area contributed by atoms with Crippen LogP contribution >= 0.6 is 0 Å². The summed E-state index contributed by atoms with van der Waals surface area (Å²) in [6.45, 7) is 5.12. The van der Waals surface area contributed by atoms with Gasteiger partial charge in [0, 0.05) is 42.5 Å². The van der Waals surface area contributed by atoms with Crippen LogP contribution in [0.5, 0.6) is 5.75 Å². The van der Waals surface area contributed by atoms with Crippen LogP contribution in [0.3, 0.4) is 0 Å². The van der Waals surface area contributed by atoms with Crippen molar-refractivity contribution in [2.24, 2.45) is 0 Å². The van der Waals surface area contributed by atoms with Crippen LogP contribution in [0.2, 0.25) is 0 Å². The van der Waals surface area contributed by atoms with E-state index in [1.54, 1.807) is 7.11 Å². The zero-order valence-electron chi connectivity index (χ0n) is 12.4. The first-order chi connectivity index (χ1) is 10.4. The number of methoxy groups -OCH3 is 1. The smallest absolute Gasteiger partial charge is 0.126 e. The fourth-order valence-electron chi connectivity index (χ4n) is 2.67. The van der Waals surface area contributed by atoms with Gasteiger partial charge in [-0.05, 0) is 12.1 Å². The van der Waals surface area contributed by atoms with Gasteiger partial charge in [-0.2, -0.15) is 0 Å². The Balaban J connectivity index is 1.84. The summed E-state index contributed by atoms with van der Waals surface area (Å²) >= 11 is 0. The second kappa shape index (κ2) is 6.62. The first-order valence-corrected chi connectivity index (χ1v) is 7.36. The molecular formula is C18H20N2O. The van der Waals surface area contributed by atoms with Crippen LogP contribution < -0.4 is 10.1 Å². The first-order valence-electron chi connectivity index (χ1n) is 7.36. The number of nitrogens with zero attached hydrogens (tertiary/aromatic N) is 1. The van der Waals surface area contributed by atoms with Gasteiger partial charge in [-0.1, -0.05) is 36.1 Å². The molecule has 2 aromatic carbocycles. The Labute approximate surface area is 125 Å². The van der Waals surface area contributed by atoms with Crippen LogP contribution in [0.4, 0.5) is 0 Å². The molecule has 0 atom stereocenters. The van der Waals surface area contributed by atoms with Gasteiger partial charge in [0.1, 0.15) is 5.75 Å². The Morgan fingerprint density at radius 2 is 1.86 bits per heavy atom. The number of nitrogens with one attached hydrogen (secondary N) is 1. The van der Waals surface area contributed by atoms with Crippen molar-refractivity contribution in [3.8, 4) is 17.6 Å². The van der Waals surface area contributed by atoms with Crippen molar-refractivity contribution in [3.63, 3.8) is 0 Å². The van der Waals surface area contributed by atoms with Crippen LogP contribution in [0, 0.1) is 11.8 Å². The van der Waals surface area contributed by atoms with Crippen molar-refractivity contribution < 1.29 is 4.74 Å². The highest BCUT2D eigenvalue weighted by molar-refractivity contribution is 5.93. The van der Waals surface area contributed by atoms with E-state index in [9.17, 15) is 0 Å². The summed E-state index contributed by atoms with van der Waals surface area (Å²) in [5, 5.41) is 5.63. The normalized spacial score (nSPS) is 15.5. The van der Waals surface area contributed by atoms with Crippen molar-refractivity contribution in [1.29, 1.82) is 0 Å². The van der Waals surface area contributed by atoms with Gasteiger partial charge in [0.2, 0.25) is 0 Å². The highest BCUT2D eigenvalue weighted by Gasteiger charge is 2.07. The number of rotatable bonds is 2. The molecule has 3 rings (SSSR count). The molecule has 0 bridgehead atoms. The fraction of sp³-hybridized carbons (Fsp3) is 0.333. The molecule has 108 valence electrons. The summed E-state index contributed by atoms with van der Waals surface area (Å²) < 4.78 is 5.42. The maximum Gasteiger partial charge on any atom is 0.126 e. The second-order valence-corrected chi connectivity index (χ2v) is 5.19. The number of fused-ring (bicyclic) bond motifs is 1. The first kappa shape index (κ1) is 13.9. The molecule has 1 aliphatic rings. The minimum Gasteiger partial charge on any atom is -0.496 e. The molecule has 0 spiro atoms. The molecule has 0 aromatic heterocycles. The lowest BCUT2D eigenvalue weighted by molar-refractivity contribution is 0.268. The van der Waals surface area contributed by atoms with E-state index in [1.807, 2.05) is 24.3 Å². The van der Waals surface area contributed by atoms with Gasteiger partial charge in [0.25, 0.3) is 0 Å². The number of piperazine rings is 1. The zero-order valence-corrected chi connectivity index (χ0v) is 12.4. The van der Waals surface area contributed by atoms with Gasteiger partial charge in [0.15, 0.2) is 0 Å². The van der Waals surface area contributed by atoms with E-state index in [1.165, 1.54) is 0 Å². The van der Waals surface area contributed by atoms with Crippen molar-refractivity contribution >= 4 is 10.8 Å². The van der Waals surface area contributed by atoms with E-state index in [2.05, 4.69) is 34.2 Å². The zero-order chi connectivity index (χ0) is 14.5. The molecule has 1 aliphatic heterocycles. The molecule has 1 heterocycles. The van der Waals surface area contributed by atoms with Crippen LogP contribution in [0.15, 0.2) is 36.4 Å². The molecule has 0 radical (unpaired) electrons. The second-order valence-electron chi connectivity index (χ2n) is 5.19. The van der Waals surface area contributed by atoms with Crippen molar-refractivity contribution in [2.75, 3.05) is 39.8 Å². The Morgan fingerprint density at radius 1 is 1.10 bits per heavy atom. The van der Waals surface area contributed by atoms with Crippen LogP contribution in [0.1, 0.15) is 5.56 Å². The minimum atomic E-state index is 0.835. The molecule has 0 unspecified atom stereocenters. The van der Waals surface area contributed by atoms with Gasteiger partial charge in [-0.25, -0.2) is 0 Å². The molecular weight excluding hydrogens is 260 g/mol. The van der Waals surface area contributed by atoms with E-state index >= 15 is 0 Å². The molecule has 3 nitrogen and oxygen atoms in total. The Kier molecular flexibility index (Phi) is 4.40. The molecule has 0 aliphatic carbocycles. The Bertz CT molecular complexity index is 678. The third-order valence-electron chi connectivity index (χ3n) is 3.84. The number of benzene rings is 2. The van der Waals surface area contributed by atoms with Gasteiger partial charge in [-0.3, -0.25) is 4.90 Å². The lowest BCUT2D eigenvalue weighted by Crippen LogP contribution is -2.43. The lowest BCUT2D eigenvalue weighted by Gasteiger charge is -2.24. The third kappa shape index (κ3) is 3.18. The topological polar surface area (TPSA) is 24.5 Å². The van der Waals surface area contributed by atoms with Crippen molar-refractivity contribution in [3.05, 3.63) is 42.0 Å². The number of hydrogen-bond acceptors (Lipinski definition) is 3. The lowest BCUT2D eigenvalue weighted by atomic mass is 10.0. The number of ether oxygens (including phenoxy) is 1. The summed E-state index contributed by atoms with van der Waals surface area (Å²) in [4.78, 5) is 2.38. The molecule has 1 fully saturated rings. The molecule has 1 saturated heterocycles. The van der Waals surface area contributed by atoms with E-state index < -0.39 is 0 Å². The van der Waals surface area contributed by atoms with E-state index in [0.29, 0.717) is 0 Å². The molecule has 1 N–H and O–H groups in total. The van der Waals surface area contributed by atoms with E-state index in [-0.39, 0.29) is 0 Å². The quantitative estimate of drug-likeness (QED) is 0.853. The molecule has 2 aromatic rings. The molecule has 21 heavy (non-hydrogen) atoms. The fourth-order valence-corrected chi connectivity index (χ4v) is 2.67. The summed E-state index contributed by atoms with van der Waals surface area (Å²) in [5.41, 5.74) is 1.07. The van der Waals surface area contributed by atoms with Crippen LogP contribution in [0.25, 0.3) is 10.8 Å². The monoisotopic (exact) mass is 280 g/mol. The Morgan fingerprint density at radius 3 is 2.62 bits per heavy atom. The average Bonchev–Trinajstić information content (AvgIpc) is 2.56. The molecule has 0 saturated carbocycles. The maximum absolute atomic E-state index is 5.42. The van der Waals surface area contributed by atoms with Crippen molar-refractivity contribution in [2.45, 2.75) is 0 Å². The summed E-state index contributed by atoms with van der Waals surface area (Å²) in [6.07, 6.45) is 0. The standard InChI is InChI=1S/C18H20N2O/c1-21-18-9-8-15(16-6-2-3-7-17(16)18)5-4-12-20-13-10-19-11-14-20/h2-3,6-9,19H,10-14H2,1H3. The largest absolute Gasteiger partial charge is 0.496 e. The third-order valence-corrected chi connectivity index (χ3v) is 3.84. The summed E-state index contributed by atoms with van der Waals surface area (Å²) in [5.74, 6) is 7.53. The predicted molar refractivity (Wildman–Crippen MR) is 86.7 cm³/mol. The Hall–Kier alpha value is -2.02.